The second kappa shape index (κ2) is 9.07. The fourth-order valence-electron chi connectivity index (χ4n) is 4.10. The van der Waals surface area contributed by atoms with Crippen LogP contribution in [0.25, 0.3) is 0 Å². The van der Waals surface area contributed by atoms with Crippen LogP contribution in [-0.2, 0) is 4.79 Å². The van der Waals surface area contributed by atoms with Gasteiger partial charge < -0.3 is 15.0 Å². The van der Waals surface area contributed by atoms with E-state index in [0.717, 1.165) is 25.9 Å². The van der Waals surface area contributed by atoms with Gasteiger partial charge in [-0.2, -0.15) is 0 Å². The second-order valence-corrected chi connectivity index (χ2v) is 7.81. The van der Waals surface area contributed by atoms with E-state index in [2.05, 4.69) is 15.1 Å². The molecule has 1 N–H and O–H groups in total. The topological polar surface area (TPSA) is 44.8 Å². The summed E-state index contributed by atoms with van der Waals surface area (Å²) in [6.07, 6.45) is 6.34. The molecule has 2 aliphatic heterocycles. The molecule has 0 saturated carbocycles. The molecule has 2 fully saturated rings. The normalized spacial score (nSPS) is 21.3. The van der Waals surface area contributed by atoms with Crippen LogP contribution in [0.3, 0.4) is 0 Å². The van der Waals surface area contributed by atoms with Gasteiger partial charge in [0.1, 0.15) is 5.75 Å². The molecule has 3 rings (SSSR count). The molecule has 0 aliphatic carbocycles. The average molecular weight is 380 g/mol. The Morgan fingerprint density at radius 2 is 1.88 bits per heavy atom. The molecule has 1 aromatic rings. The number of benzene rings is 1. The number of anilines is 1. The monoisotopic (exact) mass is 379 g/mol. The first-order valence-electron chi connectivity index (χ1n) is 9.71. The third-order valence-corrected chi connectivity index (χ3v) is 5.99. The molecule has 2 aliphatic rings. The SMILES string of the molecule is COc1ccc(Cl)cc1NC(=O)[C@@H](C)N1CCC(N2CCCCC2)CC1. The van der Waals surface area contributed by atoms with Crippen LogP contribution in [0, 0.1) is 0 Å². The highest BCUT2D eigenvalue weighted by atomic mass is 35.5. The summed E-state index contributed by atoms with van der Waals surface area (Å²) >= 11 is 6.05. The smallest absolute Gasteiger partial charge is 0.241 e. The number of hydrogen-bond donors (Lipinski definition) is 1. The number of nitrogens with zero attached hydrogens (tertiary/aromatic N) is 2. The van der Waals surface area contributed by atoms with Crippen LogP contribution in [0.4, 0.5) is 5.69 Å². The molecule has 2 saturated heterocycles. The van der Waals surface area contributed by atoms with E-state index in [9.17, 15) is 4.79 Å². The largest absolute Gasteiger partial charge is 0.495 e. The van der Waals surface area contributed by atoms with Gasteiger partial charge in [-0.15, -0.1) is 0 Å². The first-order valence-corrected chi connectivity index (χ1v) is 10.1. The number of ether oxygens (including phenoxy) is 1. The van der Waals surface area contributed by atoms with Gasteiger partial charge in [0.15, 0.2) is 0 Å². The van der Waals surface area contributed by atoms with E-state index in [-0.39, 0.29) is 11.9 Å². The van der Waals surface area contributed by atoms with Gasteiger partial charge in [0.2, 0.25) is 5.91 Å². The summed E-state index contributed by atoms with van der Waals surface area (Å²) in [6, 6.07) is 5.78. The van der Waals surface area contributed by atoms with E-state index in [1.807, 2.05) is 6.92 Å². The van der Waals surface area contributed by atoms with Gasteiger partial charge in [-0.25, -0.2) is 0 Å². The van der Waals surface area contributed by atoms with E-state index < -0.39 is 0 Å². The molecular formula is C20H30ClN3O2. The lowest BCUT2D eigenvalue weighted by atomic mass is 9.99. The van der Waals surface area contributed by atoms with Gasteiger partial charge in [0.25, 0.3) is 0 Å². The van der Waals surface area contributed by atoms with Gasteiger partial charge in [0, 0.05) is 24.2 Å². The zero-order chi connectivity index (χ0) is 18.5. The lowest BCUT2D eigenvalue weighted by Gasteiger charge is -2.41. The molecule has 0 radical (unpaired) electrons. The predicted molar refractivity (Wildman–Crippen MR) is 106 cm³/mol. The van der Waals surface area contributed by atoms with Crippen molar-refractivity contribution < 1.29 is 9.53 Å². The van der Waals surface area contributed by atoms with Crippen molar-refractivity contribution in [2.45, 2.75) is 51.1 Å². The minimum atomic E-state index is -0.166. The van der Waals surface area contributed by atoms with Crippen LogP contribution in [0.2, 0.25) is 5.02 Å². The van der Waals surface area contributed by atoms with E-state index in [1.165, 1.54) is 32.4 Å². The standard InChI is InChI=1S/C20H30ClN3O2/c1-15(20(25)22-18-14-16(21)6-7-19(18)26-2)23-12-8-17(9-13-23)24-10-4-3-5-11-24/h6-7,14-15,17H,3-5,8-13H2,1-2H3,(H,22,25)/t15-/m1/s1. The molecule has 6 heteroatoms. The number of nitrogens with one attached hydrogen (secondary N) is 1. The number of carbonyl (C=O) groups excluding carboxylic acids is 1. The summed E-state index contributed by atoms with van der Waals surface area (Å²) in [5.74, 6) is 0.612. The molecule has 0 aromatic heterocycles. The quantitative estimate of drug-likeness (QED) is 0.848. The Bertz CT molecular complexity index is 611. The second-order valence-electron chi connectivity index (χ2n) is 7.37. The maximum absolute atomic E-state index is 12.7. The van der Waals surface area contributed by atoms with Crippen LogP contribution in [0.5, 0.6) is 5.75 Å². The number of hydrogen-bond acceptors (Lipinski definition) is 4. The van der Waals surface area contributed by atoms with Crippen molar-refractivity contribution in [2.75, 3.05) is 38.6 Å². The maximum atomic E-state index is 12.7. The number of likely N-dealkylation sites (tertiary alicyclic amines) is 2. The highest BCUT2D eigenvalue weighted by Gasteiger charge is 2.30. The predicted octanol–water partition coefficient (Wildman–Crippen LogP) is 3.63. The minimum absolute atomic E-state index is 0.0120. The fourth-order valence-corrected chi connectivity index (χ4v) is 4.27. The van der Waals surface area contributed by atoms with E-state index in [0.29, 0.717) is 22.5 Å². The third kappa shape index (κ3) is 4.70. The molecule has 0 spiro atoms. The molecule has 5 nitrogen and oxygen atoms in total. The number of amides is 1. The van der Waals surface area contributed by atoms with E-state index in [4.69, 9.17) is 16.3 Å². The van der Waals surface area contributed by atoms with Crippen LogP contribution in [0.15, 0.2) is 18.2 Å². The van der Waals surface area contributed by atoms with Crippen molar-refractivity contribution in [3.63, 3.8) is 0 Å². The van der Waals surface area contributed by atoms with Crippen molar-refractivity contribution in [3.8, 4) is 5.75 Å². The van der Waals surface area contributed by atoms with Crippen molar-refractivity contribution >= 4 is 23.2 Å². The molecule has 0 bridgehead atoms. The third-order valence-electron chi connectivity index (χ3n) is 5.75. The molecule has 1 atom stereocenters. The van der Waals surface area contributed by atoms with Crippen LogP contribution >= 0.6 is 11.6 Å². The molecule has 26 heavy (non-hydrogen) atoms. The highest BCUT2D eigenvalue weighted by Crippen LogP contribution is 2.28. The van der Waals surface area contributed by atoms with Crippen LogP contribution in [-0.4, -0.2) is 61.1 Å². The summed E-state index contributed by atoms with van der Waals surface area (Å²) in [6.45, 7) is 6.42. The van der Waals surface area contributed by atoms with Gasteiger partial charge >= 0.3 is 0 Å². The summed E-state index contributed by atoms with van der Waals surface area (Å²) in [5, 5.41) is 3.55. The molecule has 144 valence electrons. The maximum Gasteiger partial charge on any atom is 0.241 e. The molecule has 2 heterocycles. The van der Waals surface area contributed by atoms with Gasteiger partial charge in [0.05, 0.1) is 18.8 Å². The molecule has 1 amide bonds. The summed E-state index contributed by atoms with van der Waals surface area (Å²) in [7, 11) is 1.59. The lowest BCUT2D eigenvalue weighted by Crippen LogP contribution is -2.51. The molecule has 0 unspecified atom stereocenters. The average Bonchev–Trinajstić information content (AvgIpc) is 2.68. The van der Waals surface area contributed by atoms with E-state index in [1.54, 1.807) is 25.3 Å². The Morgan fingerprint density at radius 1 is 1.19 bits per heavy atom. The summed E-state index contributed by atoms with van der Waals surface area (Å²) in [5.41, 5.74) is 0.625. The minimum Gasteiger partial charge on any atom is -0.495 e. The Kier molecular flexibility index (Phi) is 6.79. The zero-order valence-electron chi connectivity index (χ0n) is 15.8. The zero-order valence-corrected chi connectivity index (χ0v) is 16.6. The van der Waals surface area contributed by atoms with Crippen molar-refractivity contribution in [2.24, 2.45) is 0 Å². The number of halogens is 1. The fraction of sp³-hybridized carbons (Fsp3) is 0.650. The van der Waals surface area contributed by atoms with Crippen molar-refractivity contribution in [1.29, 1.82) is 0 Å². The Balaban J connectivity index is 1.54. The number of methoxy groups -OCH3 is 1. The number of piperidine rings is 2. The molecular weight excluding hydrogens is 350 g/mol. The van der Waals surface area contributed by atoms with Gasteiger partial charge in [-0.1, -0.05) is 18.0 Å². The Hall–Kier alpha value is -1.30. The number of carbonyl (C=O) groups is 1. The van der Waals surface area contributed by atoms with Gasteiger partial charge in [-0.05, 0) is 63.9 Å². The summed E-state index contributed by atoms with van der Waals surface area (Å²) < 4.78 is 5.32. The first kappa shape index (κ1) is 19.5. The molecule has 1 aromatic carbocycles. The summed E-state index contributed by atoms with van der Waals surface area (Å²) in [4.78, 5) is 17.7. The van der Waals surface area contributed by atoms with Crippen LogP contribution in [0.1, 0.15) is 39.0 Å². The van der Waals surface area contributed by atoms with Crippen LogP contribution < -0.4 is 10.1 Å². The van der Waals surface area contributed by atoms with Crippen molar-refractivity contribution in [3.05, 3.63) is 23.2 Å². The Morgan fingerprint density at radius 3 is 2.54 bits per heavy atom. The highest BCUT2D eigenvalue weighted by molar-refractivity contribution is 6.31. The van der Waals surface area contributed by atoms with E-state index >= 15 is 0 Å². The van der Waals surface area contributed by atoms with Gasteiger partial charge in [-0.3, -0.25) is 9.69 Å². The Labute approximate surface area is 161 Å². The first-order chi connectivity index (χ1) is 12.6. The number of rotatable bonds is 5. The van der Waals surface area contributed by atoms with Crippen molar-refractivity contribution in [1.82, 2.24) is 9.80 Å². The lowest BCUT2D eigenvalue weighted by molar-refractivity contribution is -0.121.